The van der Waals surface area contributed by atoms with Crippen LogP contribution in [0.3, 0.4) is 0 Å². The predicted octanol–water partition coefficient (Wildman–Crippen LogP) is 3.66. The second kappa shape index (κ2) is 12.5. The Morgan fingerprint density at radius 3 is 2.58 bits per heavy atom. The molecule has 7 nitrogen and oxygen atoms in total. The van der Waals surface area contributed by atoms with E-state index in [0.717, 1.165) is 63.3 Å². The largest absolute Gasteiger partial charge is 0.493 e. The third-order valence-corrected chi connectivity index (χ3v) is 7.50. The fraction of sp³-hybridized carbons (Fsp3) is 0.464. The number of methoxy groups -OCH3 is 2. The van der Waals surface area contributed by atoms with E-state index in [2.05, 4.69) is 45.2 Å². The van der Waals surface area contributed by atoms with E-state index < -0.39 is 0 Å². The van der Waals surface area contributed by atoms with Crippen molar-refractivity contribution in [1.82, 2.24) is 14.8 Å². The van der Waals surface area contributed by atoms with Crippen molar-refractivity contribution in [3.63, 3.8) is 0 Å². The van der Waals surface area contributed by atoms with Crippen molar-refractivity contribution >= 4 is 29.2 Å². The van der Waals surface area contributed by atoms with Gasteiger partial charge in [0.25, 0.3) is 0 Å². The number of nitrogens with zero attached hydrogens (tertiary/aromatic N) is 2. The van der Waals surface area contributed by atoms with Crippen molar-refractivity contribution in [3.8, 4) is 11.5 Å². The Hall–Kier alpha value is -2.74. The number of aryl methyl sites for hydroxylation is 1. The van der Waals surface area contributed by atoms with Gasteiger partial charge in [-0.05, 0) is 79.6 Å². The molecule has 0 aliphatic carbocycles. The smallest absolute Gasteiger partial charge is 0.227 e. The van der Waals surface area contributed by atoms with Gasteiger partial charge in [0.05, 0.1) is 20.6 Å². The van der Waals surface area contributed by atoms with Crippen LogP contribution in [0.15, 0.2) is 42.6 Å². The van der Waals surface area contributed by atoms with Crippen molar-refractivity contribution in [2.75, 3.05) is 46.9 Å². The van der Waals surface area contributed by atoms with E-state index in [1.54, 1.807) is 14.2 Å². The van der Waals surface area contributed by atoms with Gasteiger partial charge >= 0.3 is 0 Å². The van der Waals surface area contributed by atoms with E-state index in [4.69, 9.17) is 9.47 Å². The van der Waals surface area contributed by atoms with Crippen LogP contribution in [-0.2, 0) is 24.1 Å². The minimum absolute atomic E-state index is 0. The monoisotopic (exact) mass is 515 g/mol. The van der Waals surface area contributed by atoms with E-state index >= 15 is 0 Å². The first-order valence-electron chi connectivity index (χ1n) is 12.4. The van der Waals surface area contributed by atoms with Gasteiger partial charge in [-0.2, -0.15) is 0 Å². The van der Waals surface area contributed by atoms with Crippen molar-refractivity contribution in [2.24, 2.45) is 5.92 Å². The van der Waals surface area contributed by atoms with Crippen LogP contribution in [0.25, 0.3) is 10.9 Å². The molecule has 3 heterocycles. The Morgan fingerprint density at radius 1 is 1.06 bits per heavy atom. The highest BCUT2D eigenvalue weighted by atomic mass is 35.5. The molecule has 3 N–H and O–H groups in total. The molecule has 1 saturated heterocycles. The van der Waals surface area contributed by atoms with Crippen molar-refractivity contribution in [2.45, 2.75) is 32.1 Å². The van der Waals surface area contributed by atoms with Crippen LogP contribution >= 0.6 is 12.4 Å². The molecule has 196 valence electrons. The first kappa shape index (κ1) is 27.8. The summed E-state index contributed by atoms with van der Waals surface area (Å²) in [5.41, 5.74) is 4.89. The van der Waals surface area contributed by atoms with E-state index in [1.165, 1.54) is 28.5 Å². The number of para-hydroxylation sites is 1. The second-order valence-electron chi connectivity index (χ2n) is 9.66. The molecule has 3 aromatic rings. The Balaban J connectivity index is 0.00000180. The Bertz CT molecular complexity index is 1160. The average molecular weight is 516 g/mol. The number of halogens is 1. The van der Waals surface area contributed by atoms with E-state index in [0.29, 0.717) is 18.1 Å². The first-order valence-corrected chi connectivity index (χ1v) is 12.4. The van der Waals surface area contributed by atoms with Crippen LogP contribution in [-0.4, -0.2) is 73.1 Å². The molecule has 0 spiro atoms. The van der Waals surface area contributed by atoms with E-state index in [9.17, 15) is 4.79 Å². The van der Waals surface area contributed by atoms with Gasteiger partial charge in [0.15, 0.2) is 11.5 Å². The summed E-state index contributed by atoms with van der Waals surface area (Å²) in [6.45, 7) is 4.98. The van der Waals surface area contributed by atoms with Gasteiger partial charge in [-0.3, -0.25) is 4.79 Å². The zero-order chi connectivity index (χ0) is 23.5. The molecule has 0 bridgehead atoms. The molecule has 1 fully saturated rings. The molecule has 0 radical (unpaired) electrons. The van der Waals surface area contributed by atoms with Gasteiger partial charge in [0.2, 0.25) is 5.91 Å². The standard InChI is InChI=1S/C28H35N3O3.ClH.H2O/c1-33-26-14-21-10-13-31(28(32)16-23(21)15-27(26)34-2)19-20-9-12-30(18-20)11-5-6-22-17-29-25-8-4-3-7-24(22)25;;/h3-4,7-8,14-15,17,20,29H,5-6,9-13,16,18-19H2,1-2H3;1H;1H2. The van der Waals surface area contributed by atoms with E-state index in [1.807, 2.05) is 12.1 Å². The van der Waals surface area contributed by atoms with E-state index in [-0.39, 0.29) is 23.8 Å². The second-order valence-corrected chi connectivity index (χ2v) is 9.66. The summed E-state index contributed by atoms with van der Waals surface area (Å²) in [4.78, 5) is 21.1. The Kier molecular flexibility index (Phi) is 9.65. The van der Waals surface area contributed by atoms with Crippen LogP contribution in [0.2, 0.25) is 0 Å². The highest BCUT2D eigenvalue weighted by Crippen LogP contribution is 2.33. The average Bonchev–Trinajstić information content (AvgIpc) is 3.45. The molecule has 1 aromatic heterocycles. The normalized spacial score (nSPS) is 17.8. The predicted molar refractivity (Wildman–Crippen MR) is 146 cm³/mol. The third-order valence-electron chi connectivity index (χ3n) is 7.50. The summed E-state index contributed by atoms with van der Waals surface area (Å²) in [7, 11) is 3.30. The molecule has 1 unspecified atom stereocenters. The first-order chi connectivity index (χ1) is 16.6. The van der Waals surface area contributed by atoms with Gasteiger partial charge in [0.1, 0.15) is 0 Å². The highest BCUT2D eigenvalue weighted by molar-refractivity contribution is 5.85. The summed E-state index contributed by atoms with van der Waals surface area (Å²) in [6, 6.07) is 12.5. The number of H-pyrrole nitrogens is 1. The van der Waals surface area contributed by atoms with Crippen LogP contribution in [0.4, 0.5) is 0 Å². The van der Waals surface area contributed by atoms with Gasteiger partial charge in [-0.1, -0.05) is 18.2 Å². The third kappa shape index (κ3) is 5.97. The Morgan fingerprint density at radius 2 is 1.81 bits per heavy atom. The summed E-state index contributed by atoms with van der Waals surface area (Å²) >= 11 is 0. The minimum atomic E-state index is 0. The molecular weight excluding hydrogens is 478 g/mol. The number of amides is 1. The SMILES string of the molecule is COc1cc2c(cc1OC)CC(=O)N(CC1CCN(CCCc3c[nH]c4ccccc34)C1)CC2.Cl.O. The quantitative estimate of drug-likeness (QED) is 0.495. The molecule has 8 heteroatoms. The molecule has 2 aliphatic heterocycles. The number of ether oxygens (including phenoxy) is 2. The summed E-state index contributed by atoms with van der Waals surface area (Å²) in [6.07, 6.45) is 6.90. The fourth-order valence-electron chi connectivity index (χ4n) is 5.62. The molecule has 5 rings (SSSR count). The zero-order valence-corrected chi connectivity index (χ0v) is 22.0. The number of benzene rings is 2. The number of carbonyl (C=O) groups excluding carboxylic acids is 1. The highest BCUT2D eigenvalue weighted by Gasteiger charge is 2.28. The number of aromatic nitrogens is 1. The number of likely N-dealkylation sites (tertiary alicyclic amines) is 1. The maximum absolute atomic E-state index is 13.0. The van der Waals surface area contributed by atoms with Gasteiger partial charge in [-0.25, -0.2) is 0 Å². The molecule has 2 aromatic carbocycles. The number of hydrogen-bond donors (Lipinski definition) is 1. The van der Waals surface area contributed by atoms with Crippen LogP contribution < -0.4 is 9.47 Å². The minimum Gasteiger partial charge on any atom is -0.493 e. The maximum Gasteiger partial charge on any atom is 0.227 e. The van der Waals surface area contributed by atoms with Gasteiger partial charge < -0.3 is 29.7 Å². The van der Waals surface area contributed by atoms with Crippen molar-refractivity contribution < 1.29 is 19.7 Å². The molecule has 2 aliphatic rings. The summed E-state index contributed by atoms with van der Waals surface area (Å²) < 4.78 is 10.9. The van der Waals surface area contributed by atoms with Gasteiger partial charge in [-0.15, -0.1) is 12.4 Å². The molecule has 1 amide bonds. The lowest BCUT2D eigenvalue weighted by Gasteiger charge is -2.24. The number of aromatic amines is 1. The number of carbonyl (C=O) groups is 1. The summed E-state index contributed by atoms with van der Waals surface area (Å²) in [5, 5.41) is 1.35. The lowest BCUT2D eigenvalue weighted by molar-refractivity contribution is -0.130. The molecule has 1 atom stereocenters. The molecule has 0 saturated carbocycles. The number of hydrogen-bond acceptors (Lipinski definition) is 4. The zero-order valence-electron chi connectivity index (χ0n) is 21.2. The van der Waals surface area contributed by atoms with Crippen LogP contribution in [0.1, 0.15) is 29.5 Å². The molecule has 36 heavy (non-hydrogen) atoms. The molecular formula is C28H38ClN3O4. The number of rotatable bonds is 8. The topological polar surface area (TPSA) is 89.3 Å². The lowest BCUT2D eigenvalue weighted by atomic mass is 10.0. The summed E-state index contributed by atoms with van der Waals surface area (Å²) in [5.74, 6) is 2.22. The van der Waals surface area contributed by atoms with Crippen LogP contribution in [0.5, 0.6) is 11.5 Å². The maximum atomic E-state index is 13.0. The number of nitrogens with one attached hydrogen (secondary N) is 1. The van der Waals surface area contributed by atoms with Gasteiger partial charge in [0, 0.05) is 36.7 Å². The fourth-order valence-corrected chi connectivity index (χ4v) is 5.62. The lowest BCUT2D eigenvalue weighted by Crippen LogP contribution is -2.37. The van der Waals surface area contributed by atoms with Crippen molar-refractivity contribution in [1.29, 1.82) is 0 Å². The number of fused-ring (bicyclic) bond motifs is 2. The van der Waals surface area contributed by atoms with Crippen LogP contribution in [0, 0.1) is 5.92 Å². The van der Waals surface area contributed by atoms with Crippen molar-refractivity contribution in [3.05, 3.63) is 59.3 Å². The Labute approximate surface area is 219 Å².